The van der Waals surface area contributed by atoms with Crippen LogP contribution in [-0.2, 0) is 0 Å². The van der Waals surface area contributed by atoms with Crippen molar-refractivity contribution in [2.75, 3.05) is 0 Å². The van der Waals surface area contributed by atoms with Crippen LogP contribution in [0.2, 0.25) is 0 Å². The van der Waals surface area contributed by atoms with Gasteiger partial charge in [0.1, 0.15) is 5.75 Å². The Morgan fingerprint density at radius 2 is 1.75 bits per heavy atom. The van der Waals surface area contributed by atoms with Gasteiger partial charge >= 0.3 is 0 Å². The van der Waals surface area contributed by atoms with Crippen molar-refractivity contribution in [2.45, 2.75) is 13.8 Å². The third-order valence-electron chi connectivity index (χ3n) is 3.34. The second-order valence-electron chi connectivity index (χ2n) is 4.87. The number of fused-ring (bicyclic) bond motifs is 1. The van der Waals surface area contributed by atoms with Gasteiger partial charge in [0.05, 0.1) is 0 Å². The van der Waals surface area contributed by atoms with Crippen LogP contribution >= 0.6 is 0 Å². The molecule has 1 aromatic heterocycles. The molecule has 20 heavy (non-hydrogen) atoms. The SMILES string of the molecule is Cc1ccc2[nH]c(=O)c(Oc3ccccc3)c(C)c2c1. The molecule has 0 spiro atoms. The van der Waals surface area contributed by atoms with Gasteiger partial charge in [-0.15, -0.1) is 0 Å². The summed E-state index contributed by atoms with van der Waals surface area (Å²) in [6.07, 6.45) is 0. The number of para-hydroxylation sites is 1. The average molecular weight is 265 g/mol. The Labute approximate surface area is 116 Å². The normalized spacial score (nSPS) is 10.7. The lowest BCUT2D eigenvalue weighted by molar-refractivity contribution is 0.472. The highest BCUT2D eigenvalue weighted by Crippen LogP contribution is 2.26. The van der Waals surface area contributed by atoms with Crippen LogP contribution in [0.1, 0.15) is 11.1 Å². The summed E-state index contributed by atoms with van der Waals surface area (Å²) in [5.74, 6) is 1.02. The highest BCUT2D eigenvalue weighted by molar-refractivity contribution is 5.84. The molecule has 0 atom stereocenters. The smallest absolute Gasteiger partial charge is 0.291 e. The minimum absolute atomic E-state index is 0.206. The van der Waals surface area contributed by atoms with Crippen molar-refractivity contribution in [3.8, 4) is 11.5 Å². The molecule has 0 amide bonds. The minimum Gasteiger partial charge on any atom is -0.451 e. The zero-order valence-electron chi connectivity index (χ0n) is 11.4. The van der Waals surface area contributed by atoms with Crippen LogP contribution in [0.25, 0.3) is 10.9 Å². The molecule has 1 N–H and O–H groups in total. The Morgan fingerprint density at radius 3 is 2.50 bits per heavy atom. The Hall–Kier alpha value is -2.55. The molecule has 3 rings (SSSR count). The first-order valence-corrected chi connectivity index (χ1v) is 6.51. The Bertz CT molecular complexity index is 820. The van der Waals surface area contributed by atoms with Gasteiger partial charge in [0.2, 0.25) is 0 Å². The Kier molecular flexibility index (Phi) is 3.03. The van der Waals surface area contributed by atoms with Crippen LogP contribution in [0.3, 0.4) is 0 Å². The molecule has 0 unspecified atom stereocenters. The molecule has 3 aromatic rings. The fraction of sp³-hybridized carbons (Fsp3) is 0.118. The van der Waals surface area contributed by atoms with E-state index < -0.39 is 0 Å². The van der Waals surface area contributed by atoms with E-state index in [0.29, 0.717) is 11.5 Å². The summed E-state index contributed by atoms with van der Waals surface area (Å²) in [5, 5.41) is 1.01. The molecule has 3 heteroatoms. The van der Waals surface area contributed by atoms with Crippen LogP contribution in [-0.4, -0.2) is 4.98 Å². The summed E-state index contributed by atoms with van der Waals surface area (Å²) in [4.78, 5) is 15.0. The quantitative estimate of drug-likeness (QED) is 0.762. The first-order valence-electron chi connectivity index (χ1n) is 6.51. The molecule has 0 saturated carbocycles. The van der Waals surface area contributed by atoms with Gasteiger partial charge < -0.3 is 9.72 Å². The van der Waals surface area contributed by atoms with Crippen molar-refractivity contribution < 1.29 is 4.74 Å². The number of rotatable bonds is 2. The van der Waals surface area contributed by atoms with E-state index in [0.717, 1.165) is 22.0 Å². The fourth-order valence-corrected chi connectivity index (χ4v) is 2.28. The Morgan fingerprint density at radius 1 is 1.00 bits per heavy atom. The number of nitrogens with one attached hydrogen (secondary N) is 1. The largest absolute Gasteiger partial charge is 0.451 e. The molecule has 0 aliphatic heterocycles. The van der Waals surface area contributed by atoms with E-state index in [1.54, 1.807) is 0 Å². The molecule has 100 valence electrons. The molecule has 2 aromatic carbocycles. The van der Waals surface area contributed by atoms with Gasteiger partial charge in [-0.3, -0.25) is 4.79 Å². The number of aryl methyl sites for hydroxylation is 2. The van der Waals surface area contributed by atoms with Crippen molar-refractivity contribution in [1.82, 2.24) is 4.98 Å². The topological polar surface area (TPSA) is 42.1 Å². The summed E-state index contributed by atoms with van der Waals surface area (Å²) in [5.41, 5.74) is 2.64. The lowest BCUT2D eigenvalue weighted by Crippen LogP contribution is -2.11. The van der Waals surface area contributed by atoms with E-state index in [4.69, 9.17) is 4.74 Å². The summed E-state index contributed by atoms with van der Waals surface area (Å²) >= 11 is 0. The van der Waals surface area contributed by atoms with Crippen LogP contribution < -0.4 is 10.3 Å². The molecule has 0 aliphatic rings. The number of hydrogen-bond acceptors (Lipinski definition) is 2. The molecule has 0 radical (unpaired) electrons. The predicted molar refractivity (Wildman–Crippen MR) is 80.6 cm³/mol. The van der Waals surface area contributed by atoms with Crippen molar-refractivity contribution in [2.24, 2.45) is 0 Å². The molecule has 0 bridgehead atoms. The van der Waals surface area contributed by atoms with Gasteiger partial charge in [-0.25, -0.2) is 0 Å². The van der Waals surface area contributed by atoms with Crippen LogP contribution in [0.5, 0.6) is 11.5 Å². The maximum atomic E-state index is 12.2. The van der Waals surface area contributed by atoms with E-state index in [2.05, 4.69) is 11.1 Å². The zero-order valence-corrected chi connectivity index (χ0v) is 11.4. The maximum Gasteiger partial charge on any atom is 0.291 e. The second kappa shape index (κ2) is 4.85. The minimum atomic E-state index is -0.206. The number of benzene rings is 2. The average Bonchev–Trinajstić information content (AvgIpc) is 2.46. The van der Waals surface area contributed by atoms with E-state index in [1.807, 2.05) is 56.3 Å². The maximum absolute atomic E-state index is 12.2. The third-order valence-corrected chi connectivity index (χ3v) is 3.34. The van der Waals surface area contributed by atoms with Gasteiger partial charge in [0.25, 0.3) is 5.56 Å². The molecule has 3 nitrogen and oxygen atoms in total. The highest BCUT2D eigenvalue weighted by atomic mass is 16.5. The Balaban J connectivity index is 2.18. The van der Waals surface area contributed by atoms with Gasteiger partial charge in [-0.2, -0.15) is 0 Å². The van der Waals surface area contributed by atoms with Crippen LogP contribution in [0, 0.1) is 13.8 Å². The molecule has 0 fully saturated rings. The van der Waals surface area contributed by atoms with Crippen molar-refractivity contribution in [3.63, 3.8) is 0 Å². The van der Waals surface area contributed by atoms with E-state index in [-0.39, 0.29) is 5.56 Å². The van der Waals surface area contributed by atoms with E-state index >= 15 is 0 Å². The molecular formula is C17H15NO2. The fourth-order valence-electron chi connectivity index (χ4n) is 2.28. The summed E-state index contributed by atoms with van der Waals surface area (Å²) in [6.45, 7) is 3.94. The second-order valence-corrected chi connectivity index (χ2v) is 4.87. The first kappa shape index (κ1) is 12.5. The molecule has 1 heterocycles. The molecule has 0 saturated heterocycles. The number of pyridine rings is 1. The summed E-state index contributed by atoms with van der Waals surface area (Å²) < 4.78 is 5.74. The van der Waals surface area contributed by atoms with Gasteiger partial charge in [0, 0.05) is 16.5 Å². The monoisotopic (exact) mass is 265 g/mol. The summed E-state index contributed by atoms with van der Waals surface area (Å²) in [7, 11) is 0. The lowest BCUT2D eigenvalue weighted by Gasteiger charge is -2.10. The number of hydrogen-bond donors (Lipinski definition) is 1. The number of aromatic amines is 1. The number of H-pyrrole nitrogens is 1. The number of ether oxygens (including phenoxy) is 1. The molecule has 0 aliphatic carbocycles. The zero-order chi connectivity index (χ0) is 14.1. The van der Waals surface area contributed by atoms with Gasteiger partial charge in [-0.1, -0.05) is 29.8 Å². The van der Waals surface area contributed by atoms with Gasteiger partial charge in [0.15, 0.2) is 5.75 Å². The van der Waals surface area contributed by atoms with Crippen LogP contribution in [0.15, 0.2) is 53.3 Å². The van der Waals surface area contributed by atoms with Crippen molar-refractivity contribution in [3.05, 3.63) is 70.0 Å². The third kappa shape index (κ3) is 2.18. The van der Waals surface area contributed by atoms with Crippen molar-refractivity contribution >= 4 is 10.9 Å². The standard InChI is InChI=1S/C17H15NO2/c1-11-8-9-15-14(10-11)12(2)16(17(19)18-15)20-13-6-4-3-5-7-13/h3-10H,1-2H3,(H,18,19). The van der Waals surface area contributed by atoms with Crippen molar-refractivity contribution in [1.29, 1.82) is 0 Å². The first-order chi connectivity index (χ1) is 9.65. The predicted octanol–water partition coefficient (Wildman–Crippen LogP) is 3.94. The summed E-state index contributed by atoms with van der Waals surface area (Å²) in [6, 6.07) is 15.3. The number of aromatic nitrogens is 1. The van der Waals surface area contributed by atoms with E-state index in [1.165, 1.54) is 0 Å². The van der Waals surface area contributed by atoms with Crippen LogP contribution in [0.4, 0.5) is 0 Å². The van der Waals surface area contributed by atoms with E-state index in [9.17, 15) is 4.79 Å². The lowest BCUT2D eigenvalue weighted by atomic mass is 10.1. The van der Waals surface area contributed by atoms with Gasteiger partial charge in [-0.05, 0) is 38.1 Å². The molecular weight excluding hydrogens is 250 g/mol. The highest BCUT2D eigenvalue weighted by Gasteiger charge is 2.11.